The number of hydrogen-bond donors (Lipinski definition) is 0. The van der Waals surface area contributed by atoms with Gasteiger partial charge in [-0.3, -0.25) is 0 Å². The van der Waals surface area contributed by atoms with E-state index < -0.39 is 0 Å². The summed E-state index contributed by atoms with van der Waals surface area (Å²) in [5, 5.41) is 11.4. The van der Waals surface area contributed by atoms with Crippen LogP contribution < -0.4 is 0 Å². The molecule has 0 aliphatic rings. The highest BCUT2D eigenvalue weighted by molar-refractivity contribution is 6.16. The fraction of sp³-hybridized carbons (Fsp3) is 0.875. The third kappa shape index (κ3) is 2.18. The smallest absolute Gasteiger partial charge is 0.166 e. The molecule has 0 N–H and O–H groups in total. The van der Waals surface area contributed by atoms with E-state index in [9.17, 15) is 0 Å². The van der Waals surface area contributed by atoms with Gasteiger partial charge in [0.2, 0.25) is 0 Å². The van der Waals surface area contributed by atoms with Crippen LogP contribution in [0.1, 0.15) is 39.6 Å². The molecule has 0 saturated carbocycles. The van der Waals surface area contributed by atoms with E-state index in [4.69, 9.17) is 11.6 Å². The zero-order valence-electron chi connectivity index (χ0n) is 8.45. The summed E-state index contributed by atoms with van der Waals surface area (Å²) < 4.78 is 1.78. The van der Waals surface area contributed by atoms with E-state index >= 15 is 0 Å². The Labute approximate surface area is 83.3 Å². The Morgan fingerprint density at radius 3 is 2.54 bits per heavy atom. The lowest BCUT2D eigenvalue weighted by Crippen LogP contribution is -2.24. The lowest BCUT2D eigenvalue weighted by atomic mass is 9.88. The Morgan fingerprint density at radius 2 is 2.08 bits per heavy atom. The van der Waals surface area contributed by atoms with Crippen molar-refractivity contribution < 1.29 is 0 Å². The van der Waals surface area contributed by atoms with Gasteiger partial charge in [-0.15, -0.1) is 16.7 Å². The average Bonchev–Trinajstić information content (AvgIpc) is 2.48. The molecule has 0 radical (unpaired) electrons. The summed E-state index contributed by atoms with van der Waals surface area (Å²) in [6.07, 6.45) is 0. The molecule has 1 rings (SSSR count). The molecule has 0 aliphatic carbocycles. The number of nitrogens with zero attached hydrogens (tertiary/aromatic N) is 4. The van der Waals surface area contributed by atoms with Crippen molar-refractivity contribution in [1.82, 2.24) is 20.2 Å². The number of halogens is 1. The molecule has 1 heterocycles. The lowest BCUT2D eigenvalue weighted by Gasteiger charge is -2.27. The Hall–Kier alpha value is -0.640. The topological polar surface area (TPSA) is 43.6 Å². The normalized spacial score (nSPS) is 14.5. The van der Waals surface area contributed by atoms with E-state index in [1.165, 1.54) is 0 Å². The predicted octanol–water partition coefficient (Wildman–Crippen LogP) is 2.02. The molecule has 4 nitrogen and oxygen atoms in total. The number of hydrogen-bond acceptors (Lipinski definition) is 3. The van der Waals surface area contributed by atoms with Gasteiger partial charge in [0, 0.05) is 0 Å². The maximum Gasteiger partial charge on any atom is 0.166 e. The number of alkyl halides is 1. The highest BCUT2D eigenvalue weighted by Crippen LogP contribution is 2.29. The monoisotopic (exact) mass is 202 g/mol. The Bertz CT molecular complexity index is 276. The molecule has 13 heavy (non-hydrogen) atoms. The first-order chi connectivity index (χ1) is 5.96. The summed E-state index contributed by atoms with van der Waals surface area (Å²) in [7, 11) is 0. The van der Waals surface area contributed by atoms with Crippen molar-refractivity contribution in [3.8, 4) is 0 Å². The van der Waals surface area contributed by atoms with Crippen LogP contribution in [0.3, 0.4) is 0 Å². The highest BCUT2D eigenvalue weighted by Gasteiger charge is 2.24. The molecular weight excluding hydrogens is 188 g/mol. The van der Waals surface area contributed by atoms with Crippen molar-refractivity contribution in [3.05, 3.63) is 5.82 Å². The molecule has 0 saturated heterocycles. The lowest BCUT2D eigenvalue weighted by molar-refractivity contribution is 0.237. The Kier molecular flexibility index (Phi) is 2.91. The number of tetrazole rings is 1. The number of aromatic nitrogens is 4. The molecule has 0 spiro atoms. The van der Waals surface area contributed by atoms with E-state index in [0.29, 0.717) is 5.88 Å². The second-order valence-electron chi connectivity index (χ2n) is 4.22. The minimum Gasteiger partial charge on any atom is -0.225 e. The van der Waals surface area contributed by atoms with Gasteiger partial charge in [0.05, 0.1) is 11.9 Å². The standard InChI is InChI=1S/C8H15ClN4/c1-6(8(2,3)4)13-7(5-9)10-11-12-13/h6H,5H2,1-4H3. The fourth-order valence-electron chi connectivity index (χ4n) is 0.968. The van der Waals surface area contributed by atoms with Gasteiger partial charge >= 0.3 is 0 Å². The third-order valence-corrected chi connectivity index (χ3v) is 2.54. The van der Waals surface area contributed by atoms with Crippen LogP contribution in [0.15, 0.2) is 0 Å². The van der Waals surface area contributed by atoms with Crippen LogP contribution in [0.4, 0.5) is 0 Å². The largest absolute Gasteiger partial charge is 0.225 e. The molecule has 0 fully saturated rings. The van der Waals surface area contributed by atoms with Crippen molar-refractivity contribution in [2.24, 2.45) is 5.41 Å². The van der Waals surface area contributed by atoms with Crippen molar-refractivity contribution in [1.29, 1.82) is 0 Å². The summed E-state index contributed by atoms with van der Waals surface area (Å²) in [5.74, 6) is 1.08. The van der Waals surface area contributed by atoms with Crippen molar-refractivity contribution in [3.63, 3.8) is 0 Å². The maximum atomic E-state index is 5.70. The van der Waals surface area contributed by atoms with E-state index in [1.807, 2.05) is 0 Å². The van der Waals surface area contributed by atoms with E-state index in [2.05, 4.69) is 43.2 Å². The van der Waals surface area contributed by atoms with Gasteiger partial charge < -0.3 is 0 Å². The van der Waals surface area contributed by atoms with Crippen LogP contribution in [0, 0.1) is 5.41 Å². The minimum absolute atomic E-state index is 0.135. The summed E-state index contributed by atoms with van der Waals surface area (Å²) in [6.45, 7) is 8.54. The van der Waals surface area contributed by atoms with E-state index in [0.717, 1.165) is 5.82 Å². The van der Waals surface area contributed by atoms with Crippen molar-refractivity contribution >= 4 is 11.6 Å². The van der Waals surface area contributed by atoms with Crippen molar-refractivity contribution in [2.45, 2.75) is 39.6 Å². The second-order valence-corrected chi connectivity index (χ2v) is 4.48. The van der Waals surface area contributed by atoms with Crippen LogP contribution in [-0.4, -0.2) is 20.2 Å². The molecule has 0 amide bonds. The van der Waals surface area contributed by atoms with Gasteiger partial charge in [-0.25, -0.2) is 4.68 Å². The van der Waals surface area contributed by atoms with Crippen LogP contribution >= 0.6 is 11.6 Å². The second kappa shape index (κ2) is 3.62. The first-order valence-corrected chi connectivity index (χ1v) is 4.83. The Morgan fingerprint density at radius 1 is 1.46 bits per heavy atom. The summed E-state index contributed by atoms with van der Waals surface area (Å²) in [6, 6.07) is 0.247. The fourth-order valence-corrected chi connectivity index (χ4v) is 1.14. The summed E-state index contributed by atoms with van der Waals surface area (Å²) in [4.78, 5) is 0. The van der Waals surface area contributed by atoms with E-state index in [-0.39, 0.29) is 11.5 Å². The quantitative estimate of drug-likeness (QED) is 0.690. The first-order valence-electron chi connectivity index (χ1n) is 4.29. The van der Waals surface area contributed by atoms with Gasteiger partial charge in [0.1, 0.15) is 0 Å². The first kappa shape index (κ1) is 10.4. The molecular formula is C8H15ClN4. The van der Waals surface area contributed by atoms with Gasteiger partial charge in [0.15, 0.2) is 5.82 Å². The SMILES string of the molecule is CC(n1nnnc1CCl)C(C)(C)C. The van der Waals surface area contributed by atoms with Crippen molar-refractivity contribution in [2.75, 3.05) is 0 Å². The molecule has 5 heteroatoms. The molecule has 0 aromatic carbocycles. The molecule has 1 atom stereocenters. The van der Waals surface area contributed by atoms with Gasteiger partial charge in [-0.2, -0.15) is 0 Å². The molecule has 0 bridgehead atoms. The molecule has 1 unspecified atom stereocenters. The van der Waals surface area contributed by atoms with Crippen LogP contribution in [0.25, 0.3) is 0 Å². The molecule has 0 aliphatic heterocycles. The molecule has 1 aromatic rings. The third-order valence-electron chi connectivity index (χ3n) is 2.30. The summed E-state index contributed by atoms with van der Waals surface area (Å²) in [5.41, 5.74) is 0.135. The number of rotatable bonds is 2. The molecule has 1 aromatic heterocycles. The maximum absolute atomic E-state index is 5.70. The highest BCUT2D eigenvalue weighted by atomic mass is 35.5. The Balaban J connectivity index is 2.94. The van der Waals surface area contributed by atoms with Crippen LogP contribution in [-0.2, 0) is 5.88 Å². The predicted molar refractivity (Wildman–Crippen MR) is 51.5 cm³/mol. The van der Waals surface area contributed by atoms with Crippen LogP contribution in [0.2, 0.25) is 0 Å². The molecule has 74 valence electrons. The summed E-state index contributed by atoms with van der Waals surface area (Å²) >= 11 is 5.70. The van der Waals surface area contributed by atoms with Crippen LogP contribution in [0.5, 0.6) is 0 Å². The zero-order valence-corrected chi connectivity index (χ0v) is 9.21. The average molecular weight is 203 g/mol. The van der Waals surface area contributed by atoms with Gasteiger partial charge in [0.25, 0.3) is 0 Å². The zero-order chi connectivity index (χ0) is 10.1. The van der Waals surface area contributed by atoms with E-state index in [1.54, 1.807) is 4.68 Å². The van der Waals surface area contributed by atoms with Gasteiger partial charge in [-0.1, -0.05) is 20.8 Å². The minimum atomic E-state index is 0.135. The van der Waals surface area contributed by atoms with Gasteiger partial charge in [-0.05, 0) is 22.8 Å².